The average Bonchev–Trinajstić information content (AvgIpc) is 2.62. The van der Waals surface area contributed by atoms with Gasteiger partial charge in [-0.1, -0.05) is 0 Å². The monoisotopic (exact) mass is 193 g/mol. The lowest BCUT2D eigenvalue weighted by atomic mass is 9.98. The third-order valence-electron chi connectivity index (χ3n) is 2.65. The molecular formula is C10H11NO3. The molecule has 0 aliphatic carbocycles. The minimum absolute atomic E-state index is 0.280. The molecule has 0 saturated carbocycles. The van der Waals surface area contributed by atoms with Crippen molar-refractivity contribution in [2.24, 2.45) is 0 Å². The van der Waals surface area contributed by atoms with Gasteiger partial charge in [-0.25, -0.2) is 0 Å². The number of β-amino-alcohol motifs (C(OH)–C–C–N with tert-alkyl or cyclic N) is 1. The van der Waals surface area contributed by atoms with Crippen LogP contribution in [0.2, 0.25) is 0 Å². The Morgan fingerprint density at radius 2 is 2.07 bits per heavy atom. The number of aliphatic hydroxyl groups is 1. The molecule has 2 heterocycles. The van der Waals surface area contributed by atoms with Crippen LogP contribution in [0, 0.1) is 0 Å². The molecule has 4 nitrogen and oxygen atoms in total. The summed E-state index contributed by atoms with van der Waals surface area (Å²) in [4.78, 5) is 0. The molecule has 0 amide bonds. The zero-order valence-corrected chi connectivity index (χ0v) is 7.62. The standard InChI is InChI=1S/C10H11NO3/c12-8-4-11-3-6-1-9-10(2-7(6)8)14-5-13-9/h1-2,8,11-12H,3-5H2/t8-/m1/s1. The Bertz CT molecular complexity index is 378. The molecule has 0 fully saturated rings. The van der Waals surface area contributed by atoms with Crippen LogP contribution < -0.4 is 14.8 Å². The second-order valence-corrected chi connectivity index (χ2v) is 3.55. The number of hydrogen-bond acceptors (Lipinski definition) is 4. The van der Waals surface area contributed by atoms with E-state index in [9.17, 15) is 5.11 Å². The van der Waals surface area contributed by atoms with E-state index in [0.29, 0.717) is 6.54 Å². The molecule has 0 bridgehead atoms. The first-order valence-electron chi connectivity index (χ1n) is 4.66. The van der Waals surface area contributed by atoms with E-state index in [2.05, 4.69) is 5.32 Å². The van der Waals surface area contributed by atoms with Crippen molar-refractivity contribution in [3.63, 3.8) is 0 Å². The van der Waals surface area contributed by atoms with Crippen molar-refractivity contribution < 1.29 is 14.6 Å². The SMILES string of the molecule is O[C@@H]1CNCc2cc3c(cc21)OCO3. The van der Waals surface area contributed by atoms with Gasteiger partial charge in [-0.15, -0.1) is 0 Å². The van der Waals surface area contributed by atoms with Crippen LogP contribution in [0.25, 0.3) is 0 Å². The molecule has 2 aliphatic heterocycles. The Morgan fingerprint density at radius 3 is 2.93 bits per heavy atom. The van der Waals surface area contributed by atoms with Gasteiger partial charge >= 0.3 is 0 Å². The maximum Gasteiger partial charge on any atom is 0.231 e. The van der Waals surface area contributed by atoms with Gasteiger partial charge in [0.1, 0.15) is 0 Å². The summed E-state index contributed by atoms with van der Waals surface area (Å²) < 4.78 is 10.5. The number of nitrogens with one attached hydrogen (secondary N) is 1. The number of ether oxygens (including phenoxy) is 2. The maximum absolute atomic E-state index is 9.73. The van der Waals surface area contributed by atoms with Crippen molar-refractivity contribution in [3.05, 3.63) is 23.3 Å². The first-order chi connectivity index (χ1) is 6.84. The van der Waals surface area contributed by atoms with Gasteiger partial charge in [0.05, 0.1) is 6.10 Å². The smallest absolute Gasteiger partial charge is 0.231 e. The molecule has 0 saturated heterocycles. The van der Waals surface area contributed by atoms with Crippen LogP contribution in [0.4, 0.5) is 0 Å². The van der Waals surface area contributed by atoms with E-state index < -0.39 is 6.10 Å². The van der Waals surface area contributed by atoms with Gasteiger partial charge in [0.2, 0.25) is 6.79 Å². The maximum atomic E-state index is 9.73. The molecule has 0 aromatic heterocycles. The number of aliphatic hydroxyl groups excluding tert-OH is 1. The Morgan fingerprint density at radius 1 is 1.29 bits per heavy atom. The molecule has 0 spiro atoms. The van der Waals surface area contributed by atoms with Gasteiger partial charge in [-0.2, -0.15) is 0 Å². The largest absolute Gasteiger partial charge is 0.454 e. The zero-order valence-electron chi connectivity index (χ0n) is 7.62. The molecule has 14 heavy (non-hydrogen) atoms. The quantitative estimate of drug-likeness (QED) is 0.632. The van der Waals surface area contributed by atoms with Crippen LogP contribution in [0.5, 0.6) is 11.5 Å². The van der Waals surface area contributed by atoms with Gasteiger partial charge in [-0.3, -0.25) is 0 Å². The lowest BCUT2D eigenvalue weighted by Gasteiger charge is -2.22. The van der Waals surface area contributed by atoms with Crippen LogP contribution in [0.1, 0.15) is 17.2 Å². The van der Waals surface area contributed by atoms with Crippen molar-refractivity contribution in [2.45, 2.75) is 12.6 Å². The van der Waals surface area contributed by atoms with Crippen molar-refractivity contribution in [1.29, 1.82) is 0 Å². The van der Waals surface area contributed by atoms with E-state index in [4.69, 9.17) is 9.47 Å². The van der Waals surface area contributed by atoms with Crippen LogP contribution in [-0.2, 0) is 6.54 Å². The van der Waals surface area contributed by atoms with Crippen LogP contribution in [-0.4, -0.2) is 18.4 Å². The van der Waals surface area contributed by atoms with Crippen molar-refractivity contribution in [1.82, 2.24) is 5.32 Å². The van der Waals surface area contributed by atoms with E-state index in [1.165, 1.54) is 0 Å². The van der Waals surface area contributed by atoms with Gasteiger partial charge in [0.25, 0.3) is 0 Å². The molecule has 2 N–H and O–H groups in total. The first kappa shape index (κ1) is 8.08. The second kappa shape index (κ2) is 2.87. The van der Waals surface area contributed by atoms with E-state index in [1.54, 1.807) is 0 Å². The molecule has 4 heteroatoms. The predicted octanol–water partition coefficient (Wildman–Crippen LogP) is 0.552. The normalized spacial score (nSPS) is 23.4. The molecule has 2 aliphatic rings. The Labute approximate surface area is 81.5 Å². The Hall–Kier alpha value is -1.26. The molecule has 1 aromatic carbocycles. The summed E-state index contributed by atoms with van der Waals surface area (Å²) >= 11 is 0. The summed E-state index contributed by atoms with van der Waals surface area (Å²) in [6.07, 6.45) is -0.437. The minimum Gasteiger partial charge on any atom is -0.454 e. The van der Waals surface area contributed by atoms with E-state index in [0.717, 1.165) is 29.2 Å². The fourth-order valence-corrected chi connectivity index (χ4v) is 1.92. The van der Waals surface area contributed by atoms with E-state index in [-0.39, 0.29) is 6.79 Å². The van der Waals surface area contributed by atoms with Gasteiger partial charge in [0, 0.05) is 13.1 Å². The Balaban J connectivity index is 2.12. The van der Waals surface area contributed by atoms with Gasteiger partial charge in [-0.05, 0) is 23.3 Å². The van der Waals surface area contributed by atoms with E-state index in [1.807, 2.05) is 12.1 Å². The summed E-state index contributed by atoms with van der Waals surface area (Å²) in [6.45, 7) is 1.66. The minimum atomic E-state index is -0.437. The van der Waals surface area contributed by atoms with Crippen LogP contribution in [0.15, 0.2) is 12.1 Å². The number of benzene rings is 1. The summed E-state index contributed by atoms with van der Waals surface area (Å²) in [6, 6.07) is 3.82. The molecule has 3 rings (SSSR count). The fraction of sp³-hybridized carbons (Fsp3) is 0.400. The average molecular weight is 193 g/mol. The zero-order chi connectivity index (χ0) is 9.54. The van der Waals surface area contributed by atoms with Crippen molar-refractivity contribution in [2.75, 3.05) is 13.3 Å². The predicted molar refractivity (Wildman–Crippen MR) is 49.2 cm³/mol. The highest BCUT2D eigenvalue weighted by atomic mass is 16.7. The van der Waals surface area contributed by atoms with Crippen molar-refractivity contribution in [3.8, 4) is 11.5 Å². The number of rotatable bonds is 0. The lowest BCUT2D eigenvalue weighted by molar-refractivity contribution is 0.164. The van der Waals surface area contributed by atoms with Gasteiger partial charge in [0.15, 0.2) is 11.5 Å². The lowest BCUT2D eigenvalue weighted by Crippen LogP contribution is -2.27. The highest BCUT2D eigenvalue weighted by Gasteiger charge is 2.23. The molecule has 0 radical (unpaired) electrons. The fourth-order valence-electron chi connectivity index (χ4n) is 1.92. The second-order valence-electron chi connectivity index (χ2n) is 3.55. The van der Waals surface area contributed by atoms with Crippen LogP contribution in [0.3, 0.4) is 0 Å². The molecule has 0 unspecified atom stereocenters. The third-order valence-corrected chi connectivity index (χ3v) is 2.65. The van der Waals surface area contributed by atoms with Crippen molar-refractivity contribution >= 4 is 0 Å². The summed E-state index contributed by atoms with van der Waals surface area (Å²) in [5, 5.41) is 12.9. The molecular weight excluding hydrogens is 182 g/mol. The number of hydrogen-bond donors (Lipinski definition) is 2. The highest BCUT2D eigenvalue weighted by molar-refractivity contribution is 5.50. The molecule has 74 valence electrons. The number of fused-ring (bicyclic) bond motifs is 2. The first-order valence-corrected chi connectivity index (χ1v) is 4.66. The topological polar surface area (TPSA) is 50.7 Å². The highest BCUT2D eigenvalue weighted by Crippen LogP contribution is 2.37. The molecule has 1 aromatic rings. The summed E-state index contributed by atoms with van der Waals surface area (Å²) in [5.74, 6) is 1.52. The van der Waals surface area contributed by atoms with E-state index >= 15 is 0 Å². The molecule has 1 atom stereocenters. The van der Waals surface area contributed by atoms with Gasteiger partial charge < -0.3 is 19.9 Å². The summed E-state index contributed by atoms with van der Waals surface area (Å²) in [7, 11) is 0. The summed E-state index contributed by atoms with van der Waals surface area (Å²) in [5.41, 5.74) is 2.04. The third kappa shape index (κ3) is 1.08. The van der Waals surface area contributed by atoms with Crippen LogP contribution >= 0.6 is 0 Å². The Kier molecular flexibility index (Phi) is 1.65.